The van der Waals surface area contributed by atoms with E-state index in [-0.39, 0.29) is 18.8 Å². The zero-order chi connectivity index (χ0) is 13.4. The zero-order valence-electron chi connectivity index (χ0n) is 10.9. The van der Waals surface area contributed by atoms with Crippen molar-refractivity contribution in [1.82, 2.24) is 5.32 Å². The van der Waals surface area contributed by atoms with Crippen LogP contribution in [-0.4, -0.2) is 30.3 Å². The second kappa shape index (κ2) is 7.81. The average molecular weight is 243 g/mol. The van der Waals surface area contributed by atoms with Gasteiger partial charge >= 0.3 is 5.97 Å². The third-order valence-corrected chi connectivity index (χ3v) is 2.14. The van der Waals surface area contributed by atoms with Gasteiger partial charge in [-0.1, -0.05) is 13.8 Å². The van der Waals surface area contributed by atoms with Gasteiger partial charge in [0.15, 0.2) is 5.78 Å². The van der Waals surface area contributed by atoms with Crippen molar-refractivity contribution in [3.05, 3.63) is 0 Å². The predicted molar refractivity (Wildman–Crippen MR) is 63.3 cm³/mol. The molecule has 0 saturated carbocycles. The summed E-state index contributed by atoms with van der Waals surface area (Å²) in [7, 11) is 0. The van der Waals surface area contributed by atoms with E-state index in [2.05, 4.69) is 10.1 Å². The molecule has 98 valence electrons. The molecule has 1 unspecified atom stereocenters. The summed E-state index contributed by atoms with van der Waals surface area (Å²) in [6.45, 7) is 7.28. The molecule has 17 heavy (non-hydrogen) atoms. The number of ether oxygens (including phenoxy) is 1. The van der Waals surface area contributed by atoms with Crippen LogP contribution >= 0.6 is 0 Å². The fourth-order valence-corrected chi connectivity index (χ4v) is 1.39. The Bertz CT molecular complexity index is 286. The standard InChI is InChI=1S/C12H21NO4/c1-5-17-12(16)7-11(15)13-10(9(4)14)6-8(2)3/h8,10H,5-7H2,1-4H3,(H,13,15). The number of nitrogens with one attached hydrogen (secondary N) is 1. The van der Waals surface area contributed by atoms with E-state index >= 15 is 0 Å². The lowest BCUT2D eigenvalue weighted by molar-refractivity contribution is -0.146. The quantitative estimate of drug-likeness (QED) is 0.536. The molecule has 0 aromatic carbocycles. The molecular formula is C12H21NO4. The minimum atomic E-state index is -0.572. The summed E-state index contributed by atoms with van der Waals surface area (Å²) in [6.07, 6.45) is 0.236. The number of amides is 1. The highest BCUT2D eigenvalue weighted by Gasteiger charge is 2.20. The number of ketones is 1. The van der Waals surface area contributed by atoms with Crippen LogP contribution in [0.15, 0.2) is 0 Å². The van der Waals surface area contributed by atoms with E-state index in [9.17, 15) is 14.4 Å². The topological polar surface area (TPSA) is 72.5 Å². The Labute approximate surface area is 102 Å². The van der Waals surface area contributed by atoms with Gasteiger partial charge in [0, 0.05) is 0 Å². The van der Waals surface area contributed by atoms with Crippen LogP contribution in [0.25, 0.3) is 0 Å². The average Bonchev–Trinajstić information content (AvgIpc) is 2.15. The van der Waals surface area contributed by atoms with Gasteiger partial charge < -0.3 is 10.1 Å². The first-order chi connectivity index (χ1) is 7.86. The molecule has 0 aromatic heterocycles. The van der Waals surface area contributed by atoms with Gasteiger partial charge in [0.05, 0.1) is 12.6 Å². The van der Waals surface area contributed by atoms with Crippen LogP contribution in [0.2, 0.25) is 0 Å². The first-order valence-electron chi connectivity index (χ1n) is 5.82. The summed E-state index contributed by atoms with van der Waals surface area (Å²) in [6, 6.07) is -0.517. The summed E-state index contributed by atoms with van der Waals surface area (Å²) in [5.74, 6) is -0.844. The number of esters is 1. The van der Waals surface area contributed by atoms with Gasteiger partial charge in [-0.3, -0.25) is 14.4 Å². The Morgan fingerprint density at radius 2 is 1.82 bits per heavy atom. The SMILES string of the molecule is CCOC(=O)CC(=O)NC(CC(C)C)C(C)=O. The molecule has 5 nitrogen and oxygen atoms in total. The van der Waals surface area contributed by atoms with E-state index in [1.807, 2.05) is 13.8 Å². The number of hydrogen-bond donors (Lipinski definition) is 1. The molecule has 1 amide bonds. The van der Waals surface area contributed by atoms with Crippen molar-refractivity contribution in [2.45, 2.75) is 46.6 Å². The smallest absolute Gasteiger partial charge is 0.315 e. The Kier molecular flexibility index (Phi) is 7.18. The maximum atomic E-state index is 11.5. The molecule has 5 heteroatoms. The summed E-state index contributed by atoms with van der Waals surface area (Å²) in [4.78, 5) is 33.8. The van der Waals surface area contributed by atoms with Crippen molar-refractivity contribution in [3.63, 3.8) is 0 Å². The number of carbonyl (C=O) groups excluding carboxylic acids is 3. The first-order valence-corrected chi connectivity index (χ1v) is 5.82. The van der Waals surface area contributed by atoms with E-state index in [0.717, 1.165) is 0 Å². The highest BCUT2D eigenvalue weighted by molar-refractivity contribution is 5.96. The number of Topliss-reactive ketones (excluding diaryl/α,β-unsaturated/α-hetero) is 1. The summed E-state index contributed by atoms with van der Waals surface area (Å²) < 4.78 is 4.65. The normalized spacial score (nSPS) is 12.1. The molecule has 1 atom stereocenters. The van der Waals surface area contributed by atoms with Crippen molar-refractivity contribution < 1.29 is 19.1 Å². The predicted octanol–water partition coefficient (Wildman–Crippen LogP) is 1.06. The molecule has 0 rings (SSSR count). The van der Waals surface area contributed by atoms with Crippen molar-refractivity contribution >= 4 is 17.7 Å². The molecule has 0 aromatic rings. The van der Waals surface area contributed by atoms with Crippen LogP contribution in [-0.2, 0) is 19.1 Å². The van der Waals surface area contributed by atoms with Crippen LogP contribution < -0.4 is 5.32 Å². The van der Waals surface area contributed by atoms with E-state index in [1.54, 1.807) is 6.92 Å². The molecule has 0 aliphatic carbocycles. The minimum absolute atomic E-state index is 0.101. The molecule has 0 aliphatic heterocycles. The van der Waals surface area contributed by atoms with E-state index in [0.29, 0.717) is 12.3 Å². The Morgan fingerprint density at radius 3 is 2.24 bits per heavy atom. The second-order valence-electron chi connectivity index (χ2n) is 4.34. The minimum Gasteiger partial charge on any atom is -0.466 e. The lowest BCUT2D eigenvalue weighted by Gasteiger charge is -2.17. The largest absolute Gasteiger partial charge is 0.466 e. The molecule has 0 radical (unpaired) electrons. The van der Waals surface area contributed by atoms with Crippen LogP contribution in [0, 0.1) is 5.92 Å². The molecular weight excluding hydrogens is 222 g/mol. The van der Waals surface area contributed by atoms with E-state index in [1.165, 1.54) is 6.92 Å². The van der Waals surface area contributed by atoms with Gasteiger partial charge in [-0.25, -0.2) is 0 Å². The molecule has 0 saturated heterocycles. The fraction of sp³-hybridized carbons (Fsp3) is 0.750. The Morgan fingerprint density at radius 1 is 1.24 bits per heavy atom. The summed E-state index contributed by atoms with van der Waals surface area (Å²) >= 11 is 0. The second-order valence-corrected chi connectivity index (χ2v) is 4.34. The van der Waals surface area contributed by atoms with Gasteiger partial charge in [-0.05, 0) is 26.2 Å². The van der Waals surface area contributed by atoms with Gasteiger partial charge in [0.25, 0.3) is 0 Å². The monoisotopic (exact) mass is 243 g/mol. The van der Waals surface area contributed by atoms with Gasteiger partial charge in [0.1, 0.15) is 6.42 Å². The van der Waals surface area contributed by atoms with Crippen LogP contribution in [0.5, 0.6) is 0 Å². The Hall–Kier alpha value is -1.39. The number of hydrogen-bond acceptors (Lipinski definition) is 4. The molecule has 0 heterocycles. The zero-order valence-corrected chi connectivity index (χ0v) is 10.9. The number of rotatable bonds is 7. The van der Waals surface area contributed by atoms with E-state index < -0.39 is 17.9 Å². The third kappa shape index (κ3) is 7.49. The van der Waals surface area contributed by atoms with Crippen molar-refractivity contribution in [3.8, 4) is 0 Å². The van der Waals surface area contributed by atoms with Crippen LogP contribution in [0.4, 0.5) is 0 Å². The lowest BCUT2D eigenvalue weighted by Crippen LogP contribution is -2.41. The van der Waals surface area contributed by atoms with Gasteiger partial charge in [-0.15, -0.1) is 0 Å². The summed E-state index contributed by atoms with van der Waals surface area (Å²) in [5, 5.41) is 2.55. The molecule has 0 spiro atoms. The van der Waals surface area contributed by atoms with Crippen LogP contribution in [0.1, 0.15) is 40.5 Å². The van der Waals surface area contributed by atoms with Crippen molar-refractivity contribution in [2.75, 3.05) is 6.61 Å². The van der Waals surface area contributed by atoms with E-state index in [4.69, 9.17) is 0 Å². The van der Waals surface area contributed by atoms with Crippen molar-refractivity contribution in [1.29, 1.82) is 0 Å². The summed E-state index contributed by atoms with van der Waals surface area (Å²) in [5.41, 5.74) is 0. The number of carbonyl (C=O) groups is 3. The Balaban J connectivity index is 4.21. The highest BCUT2D eigenvalue weighted by atomic mass is 16.5. The van der Waals surface area contributed by atoms with Gasteiger partial charge in [-0.2, -0.15) is 0 Å². The molecule has 0 fully saturated rings. The molecule has 0 bridgehead atoms. The maximum Gasteiger partial charge on any atom is 0.315 e. The fourth-order valence-electron chi connectivity index (χ4n) is 1.39. The van der Waals surface area contributed by atoms with Gasteiger partial charge in [0.2, 0.25) is 5.91 Å². The van der Waals surface area contributed by atoms with Crippen molar-refractivity contribution in [2.24, 2.45) is 5.92 Å². The first kappa shape index (κ1) is 15.6. The highest BCUT2D eigenvalue weighted by Crippen LogP contribution is 2.06. The molecule has 0 aliphatic rings. The maximum absolute atomic E-state index is 11.5. The third-order valence-electron chi connectivity index (χ3n) is 2.14. The van der Waals surface area contributed by atoms with Crippen LogP contribution in [0.3, 0.4) is 0 Å². The molecule has 1 N–H and O–H groups in total. The lowest BCUT2D eigenvalue weighted by atomic mass is 10.0.